The van der Waals surface area contributed by atoms with Crippen LogP contribution in [0, 0.1) is 12.3 Å². The number of hydrogen-bond donors (Lipinski definition) is 4. The van der Waals surface area contributed by atoms with Gasteiger partial charge in [-0.3, -0.25) is 10.2 Å². The highest BCUT2D eigenvalue weighted by molar-refractivity contribution is 6.07. The Hall–Kier alpha value is -1.99. The lowest BCUT2D eigenvalue weighted by Crippen LogP contribution is -2.42. The Labute approximate surface area is 155 Å². The Morgan fingerprint density at radius 1 is 1.42 bits per heavy atom. The van der Waals surface area contributed by atoms with Crippen LogP contribution in [0.1, 0.15) is 55.5 Å². The number of nitrogens with one attached hydrogen (secondary N) is 4. The van der Waals surface area contributed by atoms with E-state index in [-0.39, 0.29) is 11.7 Å². The standard InChI is InChI=1S/C19H31N5O2/c1-4-15(24-16-6-9-26-10-7-16)5-8-21-18-17(11-13(2)12-22-18)19(25)23-14(3)20/h11-12,15-16,24H,4-10H2,1-3H3,(H,21,22)(H2,20,23,25). The Morgan fingerprint density at radius 2 is 2.15 bits per heavy atom. The zero-order valence-electron chi connectivity index (χ0n) is 16.0. The van der Waals surface area contributed by atoms with Crippen LogP contribution in [0.3, 0.4) is 0 Å². The first-order valence-corrected chi connectivity index (χ1v) is 9.40. The van der Waals surface area contributed by atoms with Crippen molar-refractivity contribution in [3.05, 3.63) is 23.4 Å². The fourth-order valence-electron chi connectivity index (χ4n) is 3.09. The maximum Gasteiger partial charge on any atom is 0.260 e. The molecule has 1 unspecified atom stereocenters. The third-order valence-electron chi connectivity index (χ3n) is 4.54. The SMILES string of the molecule is CCC(CCNc1ncc(C)cc1C(=O)NC(C)=N)NC1CCOCC1. The smallest absolute Gasteiger partial charge is 0.260 e. The molecule has 2 heterocycles. The average Bonchev–Trinajstić information content (AvgIpc) is 2.62. The predicted octanol–water partition coefficient (Wildman–Crippen LogP) is 2.47. The van der Waals surface area contributed by atoms with Crippen LogP contribution in [0.15, 0.2) is 12.3 Å². The lowest BCUT2D eigenvalue weighted by atomic mass is 10.0. The molecule has 0 spiro atoms. The zero-order valence-corrected chi connectivity index (χ0v) is 16.0. The largest absolute Gasteiger partial charge is 0.381 e. The van der Waals surface area contributed by atoms with Crippen molar-refractivity contribution in [1.29, 1.82) is 5.41 Å². The number of anilines is 1. The molecule has 0 bridgehead atoms. The fraction of sp³-hybridized carbons (Fsp3) is 0.632. The summed E-state index contributed by atoms with van der Waals surface area (Å²) in [7, 11) is 0. The highest BCUT2D eigenvalue weighted by Crippen LogP contribution is 2.15. The lowest BCUT2D eigenvalue weighted by molar-refractivity contribution is 0.0745. The molecule has 0 aromatic carbocycles. The second-order valence-corrected chi connectivity index (χ2v) is 6.86. The summed E-state index contributed by atoms with van der Waals surface area (Å²) in [5, 5.41) is 17.0. The normalized spacial score (nSPS) is 16.1. The van der Waals surface area contributed by atoms with Gasteiger partial charge in [-0.15, -0.1) is 0 Å². The number of amidine groups is 1. The Balaban J connectivity index is 1.91. The number of hydrogen-bond acceptors (Lipinski definition) is 6. The van der Waals surface area contributed by atoms with Crippen LogP contribution in [0.25, 0.3) is 0 Å². The number of nitrogens with zero attached hydrogens (tertiary/aromatic N) is 1. The summed E-state index contributed by atoms with van der Waals surface area (Å²) in [6, 6.07) is 2.76. The van der Waals surface area contributed by atoms with Crippen molar-refractivity contribution in [3.63, 3.8) is 0 Å². The maximum absolute atomic E-state index is 12.3. The molecule has 0 aliphatic carbocycles. The summed E-state index contributed by atoms with van der Waals surface area (Å²) < 4.78 is 5.41. The molecule has 1 saturated heterocycles. The summed E-state index contributed by atoms with van der Waals surface area (Å²) in [5.74, 6) is 0.382. The monoisotopic (exact) mass is 361 g/mol. The molecule has 4 N–H and O–H groups in total. The Bertz CT molecular complexity index is 614. The molecule has 1 aliphatic rings. The number of carbonyl (C=O) groups excluding carboxylic acids is 1. The topological polar surface area (TPSA) is 99.1 Å². The van der Waals surface area contributed by atoms with Gasteiger partial charge in [0.25, 0.3) is 5.91 Å². The van der Waals surface area contributed by atoms with Crippen molar-refractivity contribution in [3.8, 4) is 0 Å². The van der Waals surface area contributed by atoms with Crippen LogP contribution in [0.2, 0.25) is 0 Å². The molecular formula is C19H31N5O2. The number of aryl methyl sites for hydroxylation is 1. The highest BCUT2D eigenvalue weighted by Gasteiger charge is 2.18. The molecule has 0 radical (unpaired) electrons. The highest BCUT2D eigenvalue weighted by atomic mass is 16.5. The molecule has 7 heteroatoms. The molecule has 2 rings (SSSR count). The van der Waals surface area contributed by atoms with Crippen molar-refractivity contribution in [2.24, 2.45) is 0 Å². The molecule has 7 nitrogen and oxygen atoms in total. The summed E-state index contributed by atoms with van der Waals surface area (Å²) in [4.78, 5) is 16.7. The summed E-state index contributed by atoms with van der Waals surface area (Å²) in [5.41, 5.74) is 1.39. The van der Waals surface area contributed by atoms with Gasteiger partial charge in [0, 0.05) is 38.0 Å². The number of amides is 1. The first-order chi connectivity index (χ1) is 12.5. The third-order valence-corrected chi connectivity index (χ3v) is 4.54. The molecular weight excluding hydrogens is 330 g/mol. The van der Waals surface area contributed by atoms with Crippen LogP contribution < -0.4 is 16.0 Å². The molecule has 144 valence electrons. The quantitative estimate of drug-likeness (QED) is 0.421. The van der Waals surface area contributed by atoms with E-state index in [2.05, 4.69) is 27.9 Å². The van der Waals surface area contributed by atoms with E-state index in [9.17, 15) is 4.79 Å². The van der Waals surface area contributed by atoms with E-state index in [1.807, 2.05) is 6.92 Å². The number of pyridine rings is 1. The first kappa shape index (κ1) is 20.3. The van der Waals surface area contributed by atoms with E-state index in [1.165, 1.54) is 0 Å². The third kappa shape index (κ3) is 6.38. The van der Waals surface area contributed by atoms with E-state index in [1.54, 1.807) is 19.2 Å². The number of rotatable bonds is 8. The van der Waals surface area contributed by atoms with E-state index < -0.39 is 0 Å². The van der Waals surface area contributed by atoms with Gasteiger partial charge in [0.2, 0.25) is 0 Å². The molecule has 1 atom stereocenters. The lowest BCUT2D eigenvalue weighted by Gasteiger charge is -2.28. The van der Waals surface area contributed by atoms with Crippen LogP contribution in [0.5, 0.6) is 0 Å². The predicted molar refractivity (Wildman–Crippen MR) is 104 cm³/mol. The van der Waals surface area contributed by atoms with Gasteiger partial charge < -0.3 is 20.7 Å². The number of ether oxygens (including phenoxy) is 1. The first-order valence-electron chi connectivity index (χ1n) is 9.40. The van der Waals surface area contributed by atoms with Crippen molar-refractivity contribution in [2.45, 2.75) is 58.5 Å². The van der Waals surface area contributed by atoms with Gasteiger partial charge in [-0.05, 0) is 51.2 Å². The Kier molecular flexibility index (Phi) is 8.00. The van der Waals surface area contributed by atoms with E-state index >= 15 is 0 Å². The second-order valence-electron chi connectivity index (χ2n) is 6.86. The zero-order chi connectivity index (χ0) is 18.9. The number of aromatic nitrogens is 1. The van der Waals surface area contributed by atoms with Crippen molar-refractivity contribution < 1.29 is 9.53 Å². The van der Waals surface area contributed by atoms with Gasteiger partial charge >= 0.3 is 0 Å². The minimum absolute atomic E-state index is 0.120. The van der Waals surface area contributed by atoms with Crippen LogP contribution in [-0.4, -0.2) is 48.6 Å². The van der Waals surface area contributed by atoms with Gasteiger partial charge in [0.15, 0.2) is 0 Å². The van der Waals surface area contributed by atoms with E-state index in [0.29, 0.717) is 23.5 Å². The van der Waals surface area contributed by atoms with E-state index in [0.717, 1.165) is 51.0 Å². The summed E-state index contributed by atoms with van der Waals surface area (Å²) >= 11 is 0. The van der Waals surface area contributed by atoms with Crippen molar-refractivity contribution >= 4 is 17.6 Å². The molecule has 1 amide bonds. The maximum atomic E-state index is 12.3. The van der Waals surface area contributed by atoms with Crippen molar-refractivity contribution in [1.82, 2.24) is 15.6 Å². The minimum atomic E-state index is -0.302. The summed E-state index contributed by atoms with van der Waals surface area (Å²) in [6.07, 6.45) is 5.89. The Morgan fingerprint density at radius 3 is 2.81 bits per heavy atom. The second kappa shape index (κ2) is 10.2. The van der Waals surface area contributed by atoms with Crippen LogP contribution >= 0.6 is 0 Å². The van der Waals surface area contributed by atoms with E-state index in [4.69, 9.17) is 10.1 Å². The van der Waals surface area contributed by atoms with Gasteiger partial charge in [0.1, 0.15) is 5.82 Å². The molecule has 26 heavy (non-hydrogen) atoms. The van der Waals surface area contributed by atoms with Crippen molar-refractivity contribution in [2.75, 3.05) is 25.1 Å². The van der Waals surface area contributed by atoms with Gasteiger partial charge in [-0.25, -0.2) is 4.98 Å². The van der Waals surface area contributed by atoms with Gasteiger partial charge in [-0.2, -0.15) is 0 Å². The number of carbonyl (C=O) groups is 1. The molecule has 0 saturated carbocycles. The molecule has 1 aromatic heterocycles. The van der Waals surface area contributed by atoms with Crippen LogP contribution in [-0.2, 0) is 4.74 Å². The fourth-order valence-corrected chi connectivity index (χ4v) is 3.09. The minimum Gasteiger partial charge on any atom is -0.381 e. The molecule has 1 aromatic rings. The van der Waals surface area contributed by atoms with Crippen LogP contribution in [0.4, 0.5) is 5.82 Å². The van der Waals surface area contributed by atoms with Gasteiger partial charge in [-0.1, -0.05) is 6.92 Å². The van der Waals surface area contributed by atoms with Gasteiger partial charge in [0.05, 0.1) is 11.4 Å². The summed E-state index contributed by atoms with van der Waals surface area (Å²) in [6.45, 7) is 8.04. The average molecular weight is 361 g/mol. The molecule has 1 aliphatic heterocycles. The molecule has 1 fully saturated rings.